The number of nitrogens with one attached hydrogen (secondary N) is 1. The highest BCUT2D eigenvalue weighted by Crippen LogP contribution is 2.32. The quantitative estimate of drug-likeness (QED) is 0.800. The second kappa shape index (κ2) is 6.01. The van der Waals surface area contributed by atoms with Gasteiger partial charge in [0.1, 0.15) is 17.5 Å². The van der Waals surface area contributed by atoms with Crippen LogP contribution in [0.25, 0.3) is 22.2 Å². The zero-order valence-electron chi connectivity index (χ0n) is 13.4. The number of anilines is 1. The zero-order valence-corrected chi connectivity index (χ0v) is 13.4. The second-order valence-electron chi connectivity index (χ2n) is 5.46. The molecule has 0 aliphatic rings. The number of H-pyrrole nitrogens is 1. The number of aromatic amines is 1. The van der Waals surface area contributed by atoms with Crippen LogP contribution in [0.15, 0.2) is 36.4 Å². The van der Waals surface area contributed by atoms with Crippen molar-refractivity contribution >= 4 is 16.6 Å². The normalized spacial score (nSPS) is 10.5. The number of fused-ring (bicyclic) bond motifs is 1. The lowest BCUT2D eigenvalue weighted by Crippen LogP contribution is -2.08. The van der Waals surface area contributed by atoms with Crippen LogP contribution in [-0.4, -0.2) is 30.9 Å². The maximum atomic E-state index is 9.26. The highest BCUT2D eigenvalue weighted by atomic mass is 16.5. The minimum absolute atomic E-state index is 0.511. The van der Waals surface area contributed by atoms with Gasteiger partial charge < -0.3 is 9.64 Å². The Morgan fingerprint density at radius 1 is 1.26 bits per heavy atom. The minimum atomic E-state index is 0.511. The van der Waals surface area contributed by atoms with E-state index in [2.05, 4.69) is 33.3 Å². The molecule has 0 radical (unpaired) electrons. The summed E-state index contributed by atoms with van der Waals surface area (Å²) < 4.78 is 5.59. The fourth-order valence-corrected chi connectivity index (χ4v) is 2.56. The molecule has 0 bridgehead atoms. The Labute approximate surface area is 135 Å². The van der Waals surface area contributed by atoms with E-state index in [9.17, 15) is 5.26 Å². The zero-order chi connectivity index (χ0) is 16.4. The molecule has 0 aliphatic carbocycles. The van der Waals surface area contributed by atoms with E-state index in [0.29, 0.717) is 17.9 Å². The van der Waals surface area contributed by atoms with Crippen molar-refractivity contribution in [2.24, 2.45) is 0 Å². The third kappa shape index (κ3) is 2.71. The number of nitriles is 1. The molecule has 2 aromatic carbocycles. The predicted octanol–water partition coefficient (Wildman–Crippen LogP) is 3.57. The lowest BCUT2D eigenvalue weighted by molar-refractivity contribution is 0.340. The van der Waals surface area contributed by atoms with Crippen LogP contribution in [0.3, 0.4) is 0 Å². The maximum absolute atomic E-state index is 9.26. The van der Waals surface area contributed by atoms with Crippen molar-refractivity contribution in [3.8, 4) is 23.1 Å². The third-order valence-corrected chi connectivity index (χ3v) is 3.72. The number of hydrogen-bond acceptors (Lipinski definition) is 4. The summed E-state index contributed by atoms with van der Waals surface area (Å²) in [6, 6.07) is 14.0. The van der Waals surface area contributed by atoms with Crippen molar-refractivity contribution in [1.29, 1.82) is 5.26 Å². The molecule has 3 rings (SSSR count). The van der Waals surface area contributed by atoms with E-state index in [1.165, 1.54) is 0 Å². The molecule has 23 heavy (non-hydrogen) atoms. The van der Waals surface area contributed by atoms with Gasteiger partial charge in [0.15, 0.2) is 0 Å². The molecular formula is C18H18N4O. The van der Waals surface area contributed by atoms with E-state index in [-0.39, 0.29) is 0 Å². The number of rotatable bonds is 4. The van der Waals surface area contributed by atoms with E-state index in [0.717, 1.165) is 27.8 Å². The largest absolute Gasteiger partial charge is 0.492 e. The molecule has 0 saturated heterocycles. The molecule has 0 unspecified atom stereocenters. The van der Waals surface area contributed by atoms with Crippen LogP contribution in [0.4, 0.5) is 5.69 Å². The molecule has 0 amide bonds. The van der Waals surface area contributed by atoms with E-state index < -0.39 is 0 Å². The van der Waals surface area contributed by atoms with Crippen molar-refractivity contribution in [2.75, 3.05) is 25.6 Å². The first kappa shape index (κ1) is 14.9. The molecule has 1 aromatic heterocycles. The summed E-state index contributed by atoms with van der Waals surface area (Å²) in [6.07, 6.45) is 0. The summed E-state index contributed by atoms with van der Waals surface area (Å²) in [5.74, 6) is 0.592. The van der Waals surface area contributed by atoms with Crippen LogP contribution >= 0.6 is 0 Å². The summed E-state index contributed by atoms with van der Waals surface area (Å²) in [6.45, 7) is 2.42. The van der Waals surface area contributed by atoms with Gasteiger partial charge in [-0.15, -0.1) is 0 Å². The van der Waals surface area contributed by atoms with Crippen LogP contribution in [-0.2, 0) is 0 Å². The van der Waals surface area contributed by atoms with Gasteiger partial charge in [0, 0.05) is 30.7 Å². The van der Waals surface area contributed by atoms with Gasteiger partial charge in [0.05, 0.1) is 17.7 Å². The summed E-state index contributed by atoms with van der Waals surface area (Å²) in [5.41, 5.74) is 4.33. The number of benzene rings is 2. The van der Waals surface area contributed by atoms with Crippen LogP contribution in [0, 0.1) is 11.3 Å². The Balaban J connectivity index is 2.17. The lowest BCUT2D eigenvalue weighted by atomic mass is 10.0. The molecule has 5 nitrogen and oxygen atoms in total. The standard InChI is InChI=1S/C18H18N4O/c1-4-23-17-10-15-16(9-13(17)11-19)20-21-18(15)12-6-5-7-14(8-12)22(2)3/h5-10H,4H2,1-3H3,(H,20,21). The molecule has 116 valence electrons. The minimum Gasteiger partial charge on any atom is -0.492 e. The van der Waals surface area contributed by atoms with Gasteiger partial charge in [0.2, 0.25) is 0 Å². The SMILES string of the molecule is CCOc1cc2c(-c3cccc(N(C)C)c3)n[nH]c2cc1C#N. The first-order valence-corrected chi connectivity index (χ1v) is 7.46. The molecule has 0 aliphatic heterocycles. The molecule has 0 fully saturated rings. The van der Waals surface area contributed by atoms with Gasteiger partial charge in [-0.3, -0.25) is 5.10 Å². The van der Waals surface area contributed by atoms with Gasteiger partial charge in [-0.05, 0) is 31.2 Å². The van der Waals surface area contributed by atoms with Crippen LogP contribution < -0.4 is 9.64 Å². The van der Waals surface area contributed by atoms with Crippen LogP contribution in [0.5, 0.6) is 5.75 Å². The van der Waals surface area contributed by atoms with Crippen molar-refractivity contribution in [3.63, 3.8) is 0 Å². The highest BCUT2D eigenvalue weighted by molar-refractivity contribution is 5.95. The average molecular weight is 306 g/mol. The highest BCUT2D eigenvalue weighted by Gasteiger charge is 2.13. The molecule has 5 heteroatoms. The number of aromatic nitrogens is 2. The number of hydrogen-bond donors (Lipinski definition) is 1. The fraction of sp³-hybridized carbons (Fsp3) is 0.222. The Morgan fingerprint density at radius 3 is 2.78 bits per heavy atom. The Kier molecular flexibility index (Phi) is 3.90. The van der Waals surface area contributed by atoms with Crippen LogP contribution in [0.2, 0.25) is 0 Å². The van der Waals surface area contributed by atoms with Crippen LogP contribution in [0.1, 0.15) is 12.5 Å². The third-order valence-electron chi connectivity index (χ3n) is 3.72. The smallest absolute Gasteiger partial charge is 0.137 e. The van der Waals surface area contributed by atoms with E-state index in [4.69, 9.17) is 4.74 Å². The van der Waals surface area contributed by atoms with Crippen molar-refractivity contribution in [2.45, 2.75) is 6.92 Å². The Hall–Kier alpha value is -3.00. The summed E-state index contributed by atoms with van der Waals surface area (Å²) in [5, 5.41) is 17.6. The van der Waals surface area contributed by atoms with Gasteiger partial charge >= 0.3 is 0 Å². The van der Waals surface area contributed by atoms with Gasteiger partial charge in [-0.2, -0.15) is 10.4 Å². The van der Waals surface area contributed by atoms with Gasteiger partial charge in [-0.1, -0.05) is 12.1 Å². The Bertz CT molecular complexity index is 890. The van der Waals surface area contributed by atoms with Crippen molar-refractivity contribution in [3.05, 3.63) is 42.0 Å². The summed E-state index contributed by atoms with van der Waals surface area (Å²) in [7, 11) is 4.02. The predicted molar refractivity (Wildman–Crippen MR) is 91.7 cm³/mol. The summed E-state index contributed by atoms with van der Waals surface area (Å²) in [4.78, 5) is 2.05. The van der Waals surface area contributed by atoms with E-state index in [1.54, 1.807) is 6.07 Å². The molecule has 0 atom stereocenters. The molecule has 1 heterocycles. The molecule has 1 N–H and O–H groups in total. The maximum Gasteiger partial charge on any atom is 0.137 e. The number of ether oxygens (including phenoxy) is 1. The Morgan fingerprint density at radius 2 is 2.09 bits per heavy atom. The lowest BCUT2D eigenvalue weighted by Gasteiger charge is -2.13. The van der Waals surface area contributed by atoms with E-state index in [1.807, 2.05) is 39.2 Å². The average Bonchev–Trinajstić information content (AvgIpc) is 2.97. The topological polar surface area (TPSA) is 64.9 Å². The van der Waals surface area contributed by atoms with Gasteiger partial charge in [-0.25, -0.2) is 0 Å². The molecule has 0 saturated carbocycles. The molecule has 3 aromatic rings. The van der Waals surface area contributed by atoms with Crippen molar-refractivity contribution in [1.82, 2.24) is 10.2 Å². The van der Waals surface area contributed by atoms with Gasteiger partial charge in [0.25, 0.3) is 0 Å². The second-order valence-corrected chi connectivity index (χ2v) is 5.46. The van der Waals surface area contributed by atoms with E-state index >= 15 is 0 Å². The fourth-order valence-electron chi connectivity index (χ4n) is 2.56. The molecule has 0 spiro atoms. The number of nitrogens with zero attached hydrogens (tertiary/aromatic N) is 3. The first-order chi connectivity index (χ1) is 11.1. The van der Waals surface area contributed by atoms with Crippen molar-refractivity contribution < 1.29 is 4.74 Å². The monoisotopic (exact) mass is 306 g/mol. The first-order valence-electron chi connectivity index (χ1n) is 7.46. The summed E-state index contributed by atoms with van der Waals surface area (Å²) >= 11 is 0. The molecular weight excluding hydrogens is 288 g/mol.